The number of carbonyl (C=O) groups is 1. The van der Waals surface area contributed by atoms with Gasteiger partial charge in [0, 0.05) is 12.3 Å². The van der Waals surface area contributed by atoms with Crippen LogP contribution in [0.3, 0.4) is 0 Å². The molecule has 0 amide bonds. The van der Waals surface area contributed by atoms with E-state index in [4.69, 9.17) is 9.47 Å². The quantitative estimate of drug-likeness (QED) is 0.649. The topological polar surface area (TPSA) is 68.7 Å². The predicted octanol–water partition coefficient (Wildman–Crippen LogP) is 5.88. The van der Waals surface area contributed by atoms with E-state index in [1.54, 1.807) is 45.9 Å². The number of rotatable bonds is 4. The van der Waals surface area contributed by atoms with E-state index in [-0.39, 0.29) is 23.0 Å². The van der Waals surface area contributed by atoms with Gasteiger partial charge in [0.25, 0.3) is 0 Å². The van der Waals surface area contributed by atoms with Crippen LogP contribution < -0.4 is 4.74 Å². The number of aliphatic hydroxyl groups is 1. The molecule has 0 bridgehead atoms. The Labute approximate surface area is 178 Å². The average molecular weight is 435 g/mol. The van der Waals surface area contributed by atoms with Crippen LogP contribution in [0, 0.1) is 0 Å². The second-order valence-corrected chi connectivity index (χ2v) is 8.33. The lowest BCUT2D eigenvalue weighted by Gasteiger charge is -2.40. The van der Waals surface area contributed by atoms with E-state index in [9.17, 15) is 23.1 Å². The van der Waals surface area contributed by atoms with Gasteiger partial charge in [0.1, 0.15) is 22.7 Å². The highest BCUT2D eigenvalue weighted by Gasteiger charge is 2.47. The fraction of sp³-hybridized carbons (Fsp3) is 0.391. The van der Waals surface area contributed by atoms with Crippen molar-refractivity contribution in [3.63, 3.8) is 0 Å². The van der Waals surface area contributed by atoms with Crippen LogP contribution in [0.2, 0.25) is 0 Å². The molecule has 0 radical (unpaired) electrons. The van der Waals surface area contributed by atoms with Gasteiger partial charge < -0.3 is 14.6 Å². The Kier molecular flexibility index (Phi) is 5.65. The number of aromatic nitrogens is 1. The smallest absolute Gasteiger partial charge is 0.417 e. The highest BCUT2D eigenvalue weighted by molar-refractivity contribution is 6.26. The molecule has 0 aliphatic carbocycles. The molecule has 1 aromatic carbocycles. The number of ether oxygens (including phenoxy) is 2. The molecule has 1 N–H and O–H groups in total. The number of ketones is 1. The van der Waals surface area contributed by atoms with Gasteiger partial charge >= 0.3 is 6.18 Å². The van der Waals surface area contributed by atoms with E-state index >= 15 is 0 Å². The Bertz CT molecular complexity index is 1040. The highest BCUT2D eigenvalue weighted by Crippen LogP contribution is 2.41. The monoisotopic (exact) mass is 435 g/mol. The number of hydrogen-bond acceptors (Lipinski definition) is 5. The largest absolute Gasteiger partial charge is 0.508 e. The number of halogens is 3. The summed E-state index contributed by atoms with van der Waals surface area (Å²) in [6.07, 6.45) is -3.24. The summed E-state index contributed by atoms with van der Waals surface area (Å²) in [4.78, 5) is 16.7. The van der Waals surface area contributed by atoms with Crippen molar-refractivity contribution in [2.45, 2.75) is 58.4 Å². The Balaban J connectivity index is 1.98. The van der Waals surface area contributed by atoms with Crippen molar-refractivity contribution in [2.24, 2.45) is 0 Å². The van der Waals surface area contributed by atoms with Crippen LogP contribution in [0.1, 0.15) is 51.3 Å². The third-order valence-electron chi connectivity index (χ3n) is 5.10. The first kappa shape index (κ1) is 22.8. The van der Waals surface area contributed by atoms with Gasteiger partial charge in [-0.1, -0.05) is 13.0 Å². The van der Waals surface area contributed by atoms with Crippen molar-refractivity contribution in [1.29, 1.82) is 0 Å². The summed E-state index contributed by atoms with van der Waals surface area (Å²) < 4.78 is 49.5. The maximum absolute atomic E-state index is 13.0. The molecule has 3 rings (SSSR count). The first-order valence-corrected chi connectivity index (χ1v) is 9.79. The summed E-state index contributed by atoms with van der Waals surface area (Å²) in [6.45, 7) is 8.58. The Hall–Kier alpha value is -2.87. The van der Waals surface area contributed by atoms with Crippen LogP contribution >= 0.6 is 0 Å². The van der Waals surface area contributed by atoms with Gasteiger partial charge in [0.2, 0.25) is 5.88 Å². The molecule has 2 aromatic rings. The molecular weight excluding hydrogens is 411 g/mol. The molecule has 0 fully saturated rings. The summed E-state index contributed by atoms with van der Waals surface area (Å²) >= 11 is 0. The van der Waals surface area contributed by atoms with Gasteiger partial charge in [-0.05, 0) is 63.4 Å². The molecule has 0 saturated carbocycles. The number of carbonyl (C=O) groups excluding carboxylic acids is 1. The second kappa shape index (κ2) is 7.67. The molecule has 8 heteroatoms. The Morgan fingerprint density at radius 3 is 2.32 bits per heavy atom. The van der Waals surface area contributed by atoms with E-state index in [0.717, 1.165) is 17.7 Å². The number of benzene rings is 1. The first-order chi connectivity index (χ1) is 14.3. The molecule has 2 heterocycles. The van der Waals surface area contributed by atoms with Crippen molar-refractivity contribution in [3.05, 3.63) is 59.0 Å². The van der Waals surface area contributed by atoms with E-state index in [0.29, 0.717) is 23.9 Å². The molecule has 0 atom stereocenters. The van der Waals surface area contributed by atoms with E-state index in [1.807, 2.05) is 6.92 Å². The molecule has 0 saturated heterocycles. The predicted molar refractivity (Wildman–Crippen MR) is 109 cm³/mol. The van der Waals surface area contributed by atoms with Gasteiger partial charge in [0.15, 0.2) is 5.78 Å². The van der Waals surface area contributed by atoms with Crippen LogP contribution in [0.4, 0.5) is 13.2 Å². The van der Waals surface area contributed by atoms with E-state index in [1.165, 1.54) is 0 Å². The van der Waals surface area contributed by atoms with Crippen molar-refractivity contribution in [3.8, 4) is 11.6 Å². The van der Waals surface area contributed by atoms with Crippen molar-refractivity contribution < 1.29 is 32.5 Å². The van der Waals surface area contributed by atoms with E-state index in [2.05, 4.69) is 4.98 Å². The summed E-state index contributed by atoms with van der Waals surface area (Å²) in [5.41, 5.74) is -1.55. The van der Waals surface area contributed by atoms with Crippen molar-refractivity contribution in [2.75, 3.05) is 0 Å². The van der Waals surface area contributed by atoms with Gasteiger partial charge in [-0.2, -0.15) is 13.2 Å². The second-order valence-electron chi connectivity index (χ2n) is 8.33. The van der Waals surface area contributed by atoms with Crippen LogP contribution in [0.5, 0.6) is 11.6 Å². The lowest BCUT2D eigenvalue weighted by atomic mass is 9.81. The number of alkyl halides is 3. The number of Topliss-reactive ketones (excluding diaryl/α,β-unsaturated/α-hetero) is 1. The third kappa shape index (κ3) is 4.44. The number of pyridine rings is 1. The van der Waals surface area contributed by atoms with Crippen LogP contribution in [-0.2, 0) is 22.1 Å². The normalized spacial score (nSPS) is 18.3. The molecule has 31 heavy (non-hydrogen) atoms. The molecule has 5 nitrogen and oxygen atoms in total. The van der Waals surface area contributed by atoms with Gasteiger partial charge in [-0.3, -0.25) is 4.79 Å². The van der Waals surface area contributed by atoms with Crippen molar-refractivity contribution >= 4 is 11.4 Å². The first-order valence-electron chi connectivity index (χ1n) is 9.79. The summed E-state index contributed by atoms with van der Waals surface area (Å²) in [7, 11) is 0. The van der Waals surface area contributed by atoms with Gasteiger partial charge in [0.05, 0.1) is 11.1 Å². The minimum atomic E-state index is -4.48. The molecule has 0 unspecified atom stereocenters. The number of aryl methyl sites for hydroxylation is 1. The van der Waals surface area contributed by atoms with E-state index < -0.39 is 22.9 Å². The van der Waals surface area contributed by atoms with Gasteiger partial charge in [-0.25, -0.2) is 4.98 Å². The minimum absolute atomic E-state index is 0.00859. The van der Waals surface area contributed by atoms with Crippen LogP contribution in [0.25, 0.3) is 5.57 Å². The molecule has 1 aromatic heterocycles. The number of hydrogen-bond donors (Lipinski definition) is 1. The summed E-state index contributed by atoms with van der Waals surface area (Å²) in [5, 5.41) is 10.8. The van der Waals surface area contributed by atoms with Crippen LogP contribution in [0.15, 0.2) is 42.3 Å². The molecular formula is C23H24F3NO4. The molecule has 0 spiro atoms. The zero-order valence-electron chi connectivity index (χ0n) is 17.9. The van der Waals surface area contributed by atoms with Gasteiger partial charge in [-0.15, -0.1) is 0 Å². The zero-order valence-corrected chi connectivity index (χ0v) is 17.9. The highest BCUT2D eigenvalue weighted by atomic mass is 19.4. The molecule has 1 aliphatic heterocycles. The maximum Gasteiger partial charge on any atom is 0.417 e. The molecule has 166 valence electrons. The fourth-order valence-electron chi connectivity index (χ4n) is 3.59. The molecule has 1 aliphatic rings. The standard InChI is InChI=1S/C23H24F3NO4/c1-6-13-11-15(30-17-10-7-14(12-27-17)23(24,25)26)8-9-16(13)18-19(28)21(2,3)31-22(4,5)20(18)29/h7-12,28H,6H2,1-5H3. The third-order valence-corrected chi connectivity index (χ3v) is 5.10. The number of aliphatic hydroxyl groups excluding tert-OH is 1. The summed E-state index contributed by atoms with van der Waals surface area (Å²) in [5.74, 6) is -0.123. The maximum atomic E-state index is 13.0. The Morgan fingerprint density at radius 2 is 1.77 bits per heavy atom. The lowest BCUT2D eigenvalue weighted by Crippen LogP contribution is -2.49. The number of nitrogens with zero attached hydrogens (tertiary/aromatic N) is 1. The summed E-state index contributed by atoms with van der Waals surface area (Å²) in [6, 6.07) is 6.95. The Morgan fingerprint density at radius 1 is 1.10 bits per heavy atom. The minimum Gasteiger partial charge on any atom is -0.508 e. The lowest BCUT2D eigenvalue weighted by molar-refractivity contribution is -0.158. The zero-order chi connectivity index (χ0) is 23.2. The average Bonchev–Trinajstić information content (AvgIpc) is 2.66. The fourth-order valence-corrected chi connectivity index (χ4v) is 3.59. The van der Waals surface area contributed by atoms with Crippen molar-refractivity contribution in [1.82, 2.24) is 4.98 Å². The van der Waals surface area contributed by atoms with Crippen LogP contribution in [-0.4, -0.2) is 27.1 Å². The SMILES string of the molecule is CCc1cc(Oc2ccc(C(F)(F)F)cn2)ccc1C1=C(O)C(C)(C)OC(C)(C)C1=O.